The van der Waals surface area contributed by atoms with Crippen LogP contribution in [0, 0.1) is 17.6 Å². The van der Waals surface area contributed by atoms with Crippen molar-refractivity contribution in [3.63, 3.8) is 0 Å². The first kappa shape index (κ1) is 22.0. The predicted octanol–water partition coefficient (Wildman–Crippen LogP) is 5.76. The van der Waals surface area contributed by atoms with Gasteiger partial charge in [-0.1, -0.05) is 36.8 Å². The minimum atomic E-state index is -0.976. The maximum Gasteiger partial charge on any atom is 0.420 e. The van der Waals surface area contributed by atoms with E-state index >= 15 is 0 Å². The fraction of sp³-hybridized carbons (Fsp3) is 0.300. The number of hydrogen-bond donors (Lipinski definition) is 1. The summed E-state index contributed by atoms with van der Waals surface area (Å²) >= 11 is 6.93. The zero-order chi connectivity index (χ0) is 21.7. The molecule has 0 atom stereocenters. The standard InChI is InChI=1S/C20H20ClF2N3O3S/c1-12(2)7-13-8-18(29-20(27)25-19-24-10-17(21)30-19)26(11-13)5-6-28-14-3-4-15(22)16(23)9-14/h3-4,8-12H,5-7H2,1-2H3,(H,24,25,27). The first-order valence-electron chi connectivity index (χ1n) is 9.17. The topological polar surface area (TPSA) is 65.4 Å². The number of amides is 1. The number of nitrogens with one attached hydrogen (secondary N) is 1. The summed E-state index contributed by atoms with van der Waals surface area (Å²) in [5.41, 5.74) is 0.998. The summed E-state index contributed by atoms with van der Waals surface area (Å²) in [5, 5.41) is 2.85. The Morgan fingerprint density at radius 2 is 2.10 bits per heavy atom. The smallest absolute Gasteiger partial charge is 0.420 e. The Labute approximate surface area is 181 Å². The van der Waals surface area contributed by atoms with Gasteiger partial charge in [-0.3, -0.25) is 5.32 Å². The number of hydrogen-bond acceptors (Lipinski definition) is 5. The lowest BCUT2D eigenvalue weighted by molar-refractivity contribution is 0.209. The van der Waals surface area contributed by atoms with Gasteiger partial charge >= 0.3 is 6.09 Å². The monoisotopic (exact) mass is 455 g/mol. The van der Waals surface area contributed by atoms with Crippen molar-refractivity contribution < 1.29 is 23.0 Å². The predicted molar refractivity (Wildman–Crippen MR) is 112 cm³/mol. The second-order valence-corrected chi connectivity index (χ2v) is 8.55. The Kier molecular flexibility index (Phi) is 7.28. The summed E-state index contributed by atoms with van der Waals surface area (Å²) in [5.74, 6) is -0.951. The van der Waals surface area contributed by atoms with Crippen molar-refractivity contribution in [2.75, 3.05) is 11.9 Å². The molecule has 2 heterocycles. The molecule has 0 aliphatic heterocycles. The number of rotatable bonds is 8. The molecule has 3 aromatic rings. The van der Waals surface area contributed by atoms with Crippen molar-refractivity contribution in [1.29, 1.82) is 0 Å². The molecule has 0 aliphatic rings. The molecule has 1 aromatic carbocycles. The van der Waals surface area contributed by atoms with Gasteiger partial charge in [0.2, 0.25) is 5.88 Å². The molecule has 160 valence electrons. The van der Waals surface area contributed by atoms with Gasteiger partial charge in [-0.05, 0) is 30.0 Å². The number of thiazole rings is 1. The molecule has 0 spiro atoms. The van der Waals surface area contributed by atoms with Gasteiger partial charge in [0.15, 0.2) is 16.8 Å². The SMILES string of the molecule is CC(C)Cc1cc(OC(=O)Nc2ncc(Cl)s2)n(CCOc2ccc(F)c(F)c2)c1. The van der Waals surface area contributed by atoms with Crippen LogP contribution in [0.4, 0.5) is 18.7 Å². The van der Waals surface area contributed by atoms with Gasteiger partial charge in [0.05, 0.1) is 12.7 Å². The molecule has 0 aliphatic carbocycles. The van der Waals surface area contributed by atoms with Crippen LogP contribution in [-0.2, 0) is 13.0 Å². The van der Waals surface area contributed by atoms with Crippen molar-refractivity contribution >= 4 is 34.2 Å². The zero-order valence-corrected chi connectivity index (χ0v) is 17.9. The van der Waals surface area contributed by atoms with Crippen molar-refractivity contribution in [3.05, 3.63) is 58.2 Å². The third-order valence-electron chi connectivity index (χ3n) is 3.93. The highest BCUT2D eigenvalue weighted by Gasteiger charge is 2.14. The fourth-order valence-electron chi connectivity index (χ4n) is 2.74. The number of anilines is 1. The quantitative estimate of drug-likeness (QED) is 0.468. The number of nitrogens with zero attached hydrogens (tertiary/aromatic N) is 2. The van der Waals surface area contributed by atoms with Crippen LogP contribution in [-0.4, -0.2) is 22.3 Å². The lowest BCUT2D eigenvalue weighted by Gasteiger charge is -2.11. The molecule has 2 aromatic heterocycles. The summed E-state index contributed by atoms with van der Waals surface area (Å²) < 4.78 is 39.4. The first-order chi connectivity index (χ1) is 14.3. The van der Waals surface area contributed by atoms with E-state index in [1.54, 1.807) is 10.6 Å². The van der Waals surface area contributed by atoms with Crippen LogP contribution in [0.1, 0.15) is 19.4 Å². The van der Waals surface area contributed by atoms with Gasteiger partial charge in [-0.25, -0.2) is 18.6 Å². The van der Waals surface area contributed by atoms with E-state index in [2.05, 4.69) is 24.1 Å². The maximum absolute atomic E-state index is 13.3. The lowest BCUT2D eigenvalue weighted by atomic mass is 10.1. The Morgan fingerprint density at radius 1 is 1.30 bits per heavy atom. The van der Waals surface area contributed by atoms with Gasteiger partial charge < -0.3 is 14.0 Å². The van der Waals surface area contributed by atoms with Crippen molar-refractivity contribution in [3.8, 4) is 11.6 Å². The Morgan fingerprint density at radius 3 is 2.77 bits per heavy atom. The molecule has 6 nitrogen and oxygen atoms in total. The van der Waals surface area contributed by atoms with E-state index in [1.807, 2.05) is 6.20 Å². The molecular formula is C20H20ClF2N3O3S. The molecule has 3 rings (SSSR count). The number of carbonyl (C=O) groups is 1. The largest absolute Gasteiger partial charge is 0.492 e. The molecular weight excluding hydrogens is 436 g/mol. The van der Waals surface area contributed by atoms with Gasteiger partial charge in [0.25, 0.3) is 0 Å². The highest BCUT2D eigenvalue weighted by atomic mass is 35.5. The second-order valence-electron chi connectivity index (χ2n) is 6.89. The first-order valence-corrected chi connectivity index (χ1v) is 10.4. The number of halogens is 3. The van der Waals surface area contributed by atoms with Crippen molar-refractivity contribution in [2.45, 2.75) is 26.8 Å². The van der Waals surface area contributed by atoms with E-state index in [-0.39, 0.29) is 12.4 Å². The fourth-order valence-corrected chi connectivity index (χ4v) is 3.53. The molecule has 30 heavy (non-hydrogen) atoms. The third kappa shape index (κ3) is 6.17. The van der Waals surface area contributed by atoms with Crippen LogP contribution in [0.3, 0.4) is 0 Å². The van der Waals surface area contributed by atoms with Crippen LogP contribution in [0.25, 0.3) is 0 Å². The maximum atomic E-state index is 13.3. The highest BCUT2D eigenvalue weighted by Crippen LogP contribution is 2.24. The van der Waals surface area contributed by atoms with Gasteiger partial charge in [0.1, 0.15) is 16.7 Å². The molecule has 0 radical (unpaired) electrons. The minimum Gasteiger partial charge on any atom is -0.492 e. The number of ether oxygens (including phenoxy) is 2. The van der Waals surface area contributed by atoms with E-state index in [4.69, 9.17) is 21.1 Å². The average molecular weight is 456 g/mol. The van der Waals surface area contributed by atoms with E-state index < -0.39 is 17.7 Å². The van der Waals surface area contributed by atoms with Crippen LogP contribution >= 0.6 is 22.9 Å². The molecule has 1 amide bonds. The Bertz CT molecular complexity index is 1020. The lowest BCUT2D eigenvalue weighted by Crippen LogP contribution is -2.19. The molecule has 0 fully saturated rings. The molecule has 1 N–H and O–H groups in total. The molecule has 0 saturated heterocycles. The number of aromatic nitrogens is 2. The van der Waals surface area contributed by atoms with Crippen LogP contribution < -0.4 is 14.8 Å². The van der Waals surface area contributed by atoms with E-state index in [0.717, 1.165) is 35.5 Å². The van der Waals surface area contributed by atoms with Gasteiger partial charge in [0, 0.05) is 18.3 Å². The molecule has 10 heteroatoms. The Balaban J connectivity index is 1.66. The van der Waals surface area contributed by atoms with E-state index in [1.165, 1.54) is 12.3 Å². The summed E-state index contributed by atoms with van der Waals surface area (Å²) in [6.07, 6.45) is 3.41. The van der Waals surface area contributed by atoms with Crippen LogP contribution in [0.15, 0.2) is 36.7 Å². The van der Waals surface area contributed by atoms with Crippen LogP contribution in [0.2, 0.25) is 4.34 Å². The number of benzene rings is 1. The highest BCUT2D eigenvalue weighted by molar-refractivity contribution is 7.19. The minimum absolute atomic E-state index is 0.168. The van der Waals surface area contributed by atoms with Crippen molar-refractivity contribution in [2.24, 2.45) is 5.92 Å². The zero-order valence-electron chi connectivity index (χ0n) is 16.3. The van der Waals surface area contributed by atoms with Gasteiger partial charge in [-0.15, -0.1) is 0 Å². The van der Waals surface area contributed by atoms with Gasteiger partial charge in [-0.2, -0.15) is 0 Å². The summed E-state index contributed by atoms with van der Waals surface area (Å²) in [7, 11) is 0. The Hall–Kier alpha value is -2.65. The summed E-state index contributed by atoms with van der Waals surface area (Å²) in [6, 6.07) is 5.12. The van der Waals surface area contributed by atoms with E-state index in [9.17, 15) is 13.6 Å². The normalized spacial score (nSPS) is 11.0. The second kappa shape index (κ2) is 9.90. The average Bonchev–Trinajstić information content (AvgIpc) is 3.23. The van der Waals surface area contributed by atoms with Crippen LogP contribution in [0.5, 0.6) is 11.6 Å². The molecule has 0 bridgehead atoms. The van der Waals surface area contributed by atoms with E-state index in [0.29, 0.717) is 27.8 Å². The number of carbonyl (C=O) groups excluding carboxylic acids is 1. The molecule has 0 unspecified atom stereocenters. The summed E-state index contributed by atoms with van der Waals surface area (Å²) in [6.45, 7) is 4.68. The summed E-state index contributed by atoms with van der Waals surface area (Å²) in [4.78, 5) is 16.2. The third-order valence-corrected chi connectivity index (χ3v) is 4.96. The molecule has 0 saturated carbocycles. The van der Waals surface area contributed by atoms with Crippen molar-refractivity contribution in [1.82, 2.24) is 9.55 Å².